The first-order chi connectivity index (χ1) is 10.2. The number of hydrogen-bond donors (Lipinski definition) is 1. The molecule has 2 aromatic carbocycles. The van der Waals surface area contributed by atoms with Crippen molar-refractivity contribution in [3.05, 3.63) is 58.6 Å². The van der Waals surface area contributed by atoms with Crippen LogP contribution in [0.2, 0.25) is 5.02 Å². The third kappa shape index (κ3) is 3.49. The fourth-order valence-electron chi connectivity index (χ4n) is 2.35. The molecule has 0 saturated heterocycles. The Labute approximate surface area is 129 Å². The Morgan fingerprint density at radius 2 is 1.71 bits per heavy atom. The molecule has 0 amide bonds. The second kappa shape index (κ2) is 6.37. The lowest BCUT2D eigenvalue weighted by Gasteiger charge is -2.14. The summed E-state index contributed by atoms with van der Waals surface area (Å²) in [6.45, 7) is 1.31. The highest BCUT2D eigenvalue weighted by Crippen LogP contribution is 2.33. The van der Waals surface area contributed by atoms with Gasteiger partial charge >= 0.3 is 0 Å². The van der Waals surface area contributed by atoms with Crippen LogP contribution in [-0.2, 0) is 6.42 Å². The van der Waals surface area contributed by atoms with E-state index in [-0.39, 0.29) is 0 Å². The molecule has 3 nitrogen and oxygen atoms in total. The Morgan fingerprint density at radius 3 is 2.48 bits per heavy atom. The SMILES string of the molecule is OC(Cc1ccc(Cl)cc1)c1ccc2c(c1)OCCCO2. The summed E-state index contributed by atoms with van der Waals surface area (Å²) >= 11 is 5.87. The van der Waals surface area contributed by atoms with Crippen molar-refractivity contribution >= 4 is 11.6 Å². The van der Waals surface area contributed by atoms with Gasteiger partial charge in [-0.25, -0.2) is 0 Å². The van der Waals surface area contributed by atoms with Crippen LogP contribution in [0.15, 0.2) is 42.5 Å². The fraction of sp³-hybridized carbons (Fsp3) is 0.294. The number of rotatable bonds is 3. The van der Waals surface area contributed by atoms with Crippen LogP contribution in [0.5, 0.6) is 11.5 Å². The lowest BCUT2D eigenvalue weighted by atomic mass is 10.0. The molecule has 21 heavy (non-hydrogen) atoms. The molecule has 2 aromatic rings. The zero-order chi connectivity index (χ0) is 14.7. The number of fused-ring (bicyclic) bond motifs is 1. The molecule has 0 radical (unpaired) electrons. The van der Waals surface area contributed by atoms with Crippen LogP contribution in [0, 0.1) is 0 Å². The highest BCUT2D eigenvalue weighted by atomic mass is 35.5. The summed E-state index contributed by atoms with van der Waals surface area (Å²) in [6, 6.07) is 13.1. The molecule has 1 unspecified atom stereocenters. The van der Waals surface area contributed by atoms with Gasteiger partial charge in [-0.15, -0.1) is 0 Å². The molecule has 0 saturated carbocycles. The largest absolute Gasteiger partial charge is 0.490 e. The van der Waals surface area contributed by atoms with E-state index in [1.165, 1.54) is 0 Å². The van der Waals surface area contributed by atoms with E-state index in [0.717, 1.165) is 23.3 Å². The molecule has 1 aliphatic rings. The Hall–Kier alpha value is -1.71. The zero-order valence-electron chi connectivity index (χ0n) is 11.6. The summed E-state index contributed by atoms with van der Waals surface area (Å²) in [5.41, 5.74) is 1.87. The maximum absolute atomic E-state index is 10.4. The normalized spacial score (nSPS) is 15.3. The van der Waals surface area contributed by atoms with Gasteiger partial charge in [0.1, 0.15) is 0 Å². The molecular weight excluding hydrogens is 288 g/mol. The van der Waals surface area contributed by atoms with Gasteiger partial charge in [-0.05, 0) is 35.4 Å². The van der Waals surface area contributed by atoms with Gasteiger partial charge in [0.2, 0.25) is 0 Å². The molecule has 1 atom stereocenters. The van der Waals surface area contributed by atoms with Gasteiger partial charge in [-0.1, -0.05) is 29.8 Å². The van der Waals surface area contributed by atoms with Crippen molar-refractivity contribution in [1.29, 1.82) is 0 Å². The van der Waals surface area contributed by atoms with Gasteiger partial charge in [0.05, 0.1) is 19.3 Å². The van der Waals surface area contributed by atoms with E-state index in [2.05, 4.69) is 0 Å². The first-order valence-electron chi connectivity index (χ1n) is 7.04. The van der Waals surface area contributed by atoms with E-state index in [4.69, 9.17) is 21.1 Å². The highest BCUT2D eigenvalue weighted by molar-refractivity contribution is 6.30. The predicted octanol–water partition coefficient (Wildman–Crippen LogP) is 3.78. The summed E-state index contributed by atoms with van der Waals surface area (Å²) in [7, 11) is 0. The van der Waals surface area contributed by atoms with Crippen molar-refractivity contribution in [2.45, 2.75) is 18.9 Å². The number of aliphatic hydroxyl groups is 1. The lowest BCUT2D eigenvalue weighted by Crippen LogP contribution is -2.03. The minimum atomic E-state index is -0.580. The second-order valence-corrected chi connectivity index (χ2v) is 5.54. The summed E-state index contributed by atoms with van der Waals surface area (Å²) in [6.07, 6.45) is 0.831. The molecule has 0 fully saturated rings. The summed E-state index contributed by atoms with van der Waals surface area (Å²) in [5.74, 6) is 1.45. The Morgan fingerprint density at radius 1 is 1.00 bits per heavy atom. The molecule has 0 aromatic heterocycles. The quantitative estimate of drug-likeness (QED) is 0.938. The topological polar surface area (TPSA) is 38.7 Å². The highest BCUT2D eigenvalue weighted by Gasteiger charge is 2.15. The number of aliphatic hydroxyl groups excluding tert-OH is 1. The Bertz CT molecular complexity index is 610. The first-order valence-corrected chi connectivity index (χ1v) is 7.42. The molecule has 0 spiro atoms. The first kappa shape index (κ1) is 14.2. The molecule has 0 aliphatic carbocycles. The predicted molar refractivity (Wildman–Crippen MR) is 82.2 cm³/mol. The number of hydrogen-bond acceptors (Lipinski definition) is 3. The Kier molecular flexibility index (Phi) is 4.32. The maximum atomic E-state index is 10.4. The monoisotopic (exact) mass is 304 g/mol. The van der Waals surface area contributed by atoms with Crippen LogP contribution in [0.25, 0.3) is 0 Å². The van der Waals surface area contributed by atoms with Crippen molar-refractivity contribution in [3.8, 4) is 11.5 Å². The minimum absolute atomic E-state index is 0.539. The van der Waals surface area contributed by atoms with Crippen molar-refractivity contribution in [2.24, 2.45) is 0 Å². The molecule has 1 N–H and O–H groups in total. The summed E-state index contributed by atoms with van der Waals surface area (Å²) in [4.78, 5) is 0. The fourth-order valence-corrected chi connectivity index (χ4v) is 2.47. The lowest BCUT2D eigenvalue weighted by molar-refractivity contribution is 0.178. The smallest absolute Gasteiger partial charge is 0.161 e. The second-order valence-electron chi connectivity index (χ2n) is 5.10. The standard InChI is InChI=1S/C17H17ClO3/c18-14-5-2-12(3-6-14)10-15(19)13-4-7-16-17(11-13)21-9-1-8-20-16/h2-7,11,15,19H,1,8-10H2. The van der Waals surface area contributed by atoms with Gasteiger partial charge in [-0.3, -0.25) is 0 Å². The number of ether oxygens (including phenoxy) is 2. The van der Waals surface area contributed by atoms with E-state index < -0.39 is 6.10 Å². The van der Waals surface area contributed by atoms with E-state index in [9.17, 15) is 5.11 Å². The van der Waals surface area contributed by atoms with Crippen molar-refractivity contribution in [3.63, 3.8) is 0 Å². The van der Waals surface area contributed by atoms with Crippen molar-refractivity contribution in [2.75, 3.05) is 13.2 Å². The van der Waals surface area contributed by atoms with Crippen LogP contribution in [0.1, 0.15) is 23.7 Å². The van der Waals surface area contributed by atoms with Gasteiger partial charge in [0.15, 0.2) is 11.5 Å². The van der Waals surface area contributed by atoms with Gasteiger partial charge < -0.3 is 14.6 Å². The van der Waals surface area contributed by atoms with Gasteiger partial charge in [-0.2, -0.15) is 0 Å². The van der Waals surface area contributed by atoms with E-state index in [1.54, 1.807) is 0 Å². The third-order valence-electron chi connectivity index (χ3n) is 3.50. The maximum Gasteiger partial charge on any atom is 0.161 e. The van der Waals surface area contributed by atoms with Crippen LogP contribution >= 0.6 is 11.6 Å². The molecule has 4 heteroatoms. The van der Waals surface area contributed by atoms with Crippen molar-refractivity contribution < 1.29 is 14.6 Å². The van der Waals surface area contributed by atoms with Crippen LogP contribution in [0.3, 0.4) is 0 Å². The zero-order valence-corrected chi connectivity index (χ0v) is 12.3. The van der Waals surface area contributed by atoms with Crippen molar-refractivity contribution in [1.82, 2.24) is 0 Å². The molecule has 110 valence electrons. The summed E-state index contributed by atoms with van der Waals surface area (Å²) in [5, 5.41) is 11.1. The van der Waals surface area contributed by atoms with Gasteiger partial charge in [0.25, 0.3) is 0 Å². The van der Waals surface area contributed by atoms with Crippen LogP contribution in [0.4, 0.5) is 0 Å². The minimum Gasteiger partial charge on any atom is -0.490 e. The van der Waals surface area contributed by atoms with Gasteiger partial charge in [0, 0.05) is 17.9 Å². The van der Waals surface area contributed by atoms with E-state index in [0.29, 0.717) is 30.4 Å². The van der Waals surface area contributed by atoms with Crippen LogP contribution in [-0.4, -0.2) is 18.3 Å². The molecule has 3 rings (SSSR count). The molecule has 1 heterocycles. The number of benzene rings is 2. The average molecular weight is 305 g/mol. The number of halogens is 1. The molecule has 1 aliphatic heterocycles. The summed E-state index contributed by atoms with van der Waals surface area (Å²) < 4.78 is 11.2. The molecule has 0 bridgehead atoms. The van der Waals surface area contributed by atoms with E-state index in [1.807, 2.05) is 42.5 Å². The Balaban J connectivity index is 1.76. The average Bonchev–Trinajstić information content (AvgIpc) is 2.74. The third-order valence-corrected chi connectivity index (χ3v) is 3.75. The molecular formula is C17H17ClO3. The van der Waals surface area contributed by atoms with E-state index >= 15 is 0 Å². The van der Waals surface area contributed by atoms with Crippen LogP contribution < -0.4 is 9.47 Å².